The minimum absolute atomic E-state index is 0.269. The monoisotopic (exact) mass is 219 g/mol. The molecule has 0 spiro atoms. The Bertz CT molecular complexity index is 290. The molecule has 0 radical (unpaired) electrons. The normalized spacial score (nSPS) is 15.1. The Balaban J connectivity index is 2.70. The third-order valence-corrected chi connectivity index (χ3v) is 3.43. The van der Waals surface area contributed by atoms with E-state index in [4.69, 9.17) is 5.73 Å². The van der Waals surface area contributed by atoms with E-state index in [0.717, 1.165) is 12.8 Å². The maximum Gasteiger partial charge on any atom is 0.00443 e. The fraction of sp³-hybridized carbons (Fsp3) is 0.600. The van der Waals surface area contributed by atoms with E-state index < -0.39 is 0 Å². The third-order valence-electron chi connectivity index (χ3n) is 3.43. The summed E-state index contributed by atoms with van der Waals surface area (Å²) in [4.78, 5) is 0. The van der Waals surface area contributed by atoms with Crippen LogP contribution < -0.4 is 5.73 Å². The first-order valence-corrected chi connectivity index (χ1v) is 6.38. The minimum Gasteiger partial charge on any atom is -0.328 e. The molecule has 1 rings (SSSR count). The van der Waals surface area contributed by atoms with Gasteiger partial charge in [-0.05, 0) is 42.7 Å². The molecular weight excluding hydrogens is 194 g/mol. The number of nitrogens with two attached hydrogens (primary N) is 1. The molecule has 1 nitrogen and oxygen atoms in total. The first-order valence-electron chi connectivity index (χ1n) is 6.38. The van der Waals surface area contributed by atoms with Crippen LogP contribution in [0.4, 0.5) is 0 Å². The lowest BCUT2D eigenvalue weighted by Crippen LogP contribution is -2.32. The molecule has 0 aliphatic rings. The van der Waals surface area contributed by atoms with Gasteiger partial charge in [0.1, 0.15) is 0 Å². The maximum absolute atomic E-state index is 6.04. The summed E-state index contributed by atoms with van der Waals surface area (Å²) in [7, 11) is 0. The second-order valence-electron chi connectivity index (χ2n) is 5.14. The van der Waals surface area contributed by atoms with Gasteiger partial charge in [0.15, 0.2) is 0 Å². The van der Waals surface area contributed by atoms with Crippen molar-refractivity contribution in [3.8, 4) is 0 Å². The summed E-state index contributed by atoms with van der Waals surface area (Å²) >= 11 is 0. The molecule has 0 heterocycles. The molecule has 1 aromatic rings. The van der Waals surface area contributed by atoms with Gasteiger partial charge in [-0.15, -0.1) is 0 Å². The van der Waals surface area contributed by atoms with Crippen molar-refractivity contribution in [3.63, 3.8) is 0 Å². The molecule has 0 aliphatic carbocycles. The molecular formula is C15H25N. The van der Waals surface area contributed by atoms with E-state index in [1.54, 1.807) is 0 Å². The summed E-state index contributed by atoms with van der Waals surface area (Å²) in [6, 6.07) is 9.22. The van der Waals surface area contributed by atoms with Crippen LogP contribution in [0.25, 0.3) is 0 Å². The molecule has 0 bridgehead atoms. The van der Waals surface area contributed by atoms with Gasteiger partial charge in [-0.1, -0.05) is 45.0 Å². The van der Waals surface area contributed by atoms with Crippen LogP contribution in [0.5, 0.6) is 0 Å². The Morgan fingerprint density at radius 3 is 1.88 bits per heavy atom. The number of hydrogen-bond acceptors (Lipinski definition) is 1. The molecule has 0 fully saturated rings. The predicted octanol–water partition coefficient (Wildman–Crippen LogP) is 3.41. The summed E-state index contributed by atoms with van der Waals surface area (Å²) in [6.07, 6.45) is 2.21. The zero-order chi connectivity index (χ0) is 12.1. The van der Waals surface area contributed by atoms with E-state index in [2.05, 4.69) is 52.0 Å². The van der Waals surface area contributed by atoms with E-state index in [0.29, 0.717) is 11.8 Å². The molecule has 2 atom stereocenters. The number of aryl methyl sites for hydroxylation is 1. The molecule has 16 heavy (non-hydrogen) atoms. The van der Waals surface area contributed by atoms with Crippen LogP contribution >= 0.6 is 0 Å². The Morgan fingerprint density at radius 2 is 1.50 bits per heavy atom. The van der Waals surface area contributed by atoms with Crippen LogP contribution in [0.2, 0.25) is 0 Å². The smallest absolute Gasteiger partial charge is 0.00443 e. The van der Waals surface area contributed by atoms with Crippen LogP contribution in [0.15, 0.2) is 24.3 Å². The summed E-state index contributed by atoms with van der Waals surface area (Å²) in [6.45, 7) is 8.82. The van der Waals surface area contributed by atoms with Gasteiger partial charge in [0.2, 0.25) is 0 Å². The van der Waals surface area contributed by atoms with Gasteiger partial charge in [0.05, 0.1) is 0 Å². The van der Waals surface area contributed by atoms with Crippen molar-refractivity contribution in [3.05, 3.63) is 35.4 Å². The van der Waals surface area contributed by atoms with Crippen LogP contribution in [0, 0.1) is 11.8 Å². The lowest BCUT2D eigenvalue weighted by Gasteiger charge is -2.24. The molecule has 0 saturated heterocycles. The fourth-order valence-electron chi connectivity index (χ4n) is 2.21. The largest absolute Gasteiger partial charge is 0.328 e. The molecule has 0 amide bonds. The highest BCUT2D eigenvalue weighted by Gasteiger charge is 2.17. The SMILES string of the molecule is CCc1ccc(CC(C(C)C)C(C)N)cc1. The molecule has 0 aliphatic heterocycles. The zero-order valence-corrected chi connectivity index (χ0v) is 11.0. The summed E-state index contributed by atoms with van der Waals surface area (Å²) < 4.78 is 0. The van der Waals surface area contributed by atoms with E-state index in [1.165, 1.54) is 11.1 Å². The average Bonchev–Trinajstić information content (AvgIpc) is 2.25. The van der Waals surface area contributed by atoms with Gasteiger partial charge in [-0.25, -0.2) is 0 Å². The Kier molecular flexibility index (Phi) is 5.01. The van der Waals surface area contributed by atoms with Gasteiger partial charge >= 0.3 is 0 Å². The van der Waals surface area contributed by atoms with Crippen LogP contribution in [-0.4, -0.2) is 6.04 Å². The van der Waals surface area contributed by atoms with Crippen molar-refractivity contribution in [2.24, 2.45) is 17.6 Å². The van der Waals surface area contributed by atoms with Gasteiger partial charge in [0.25, 0.3) is 0 Å². The highest BCUT2D eigenvalue weighted by atomic mass is 14.6. The van der Waals surface area contributed by atoms with Crippen molar-refractivity contribution >= 4 is 0 Å². The lowest BCUT2D eigenvalue weighted by atomic mass is 9.84. The summed E-state index contributed by atoms with van der Waals surface area (Å²) in [5, 5.41) is 0. The lowest BCUT2D eigenvalue weighted by molar-refractivity contribution is 0.330. The molecule has 1 heteroatoms. The number of rotatable bonds is 5. The fourth-order valence-corrected chi connectivity index (χ4v) is 2.21. The van der Waals surface area contributed by atoms with Crippen LogP contribution in [-0.2, 0) is 12.8 Å². The maximum atomic E-state index is 6.04. The number of hydrogen-bond donors (Lipinski definition) is 1. The second kappa shape index (κ2) is 6.05. The minimum atomic E-state index is 0.269. The Morgan fingerprint density at radius 1 is 1.00 bits per heavy atom. The first kappa shape index (κ1) is 13.2. The molecule has 1 aromatic carbocycles. The van der Waals surface area contributed by atoms with Crippen molar-refractivity contribution in [2.45, 2.75) is 46.6 Å². The standard InChI is InChI=1S/C15H25N/c1-5-13-6-8-14(9-7-13)10-15(11(2)3)12(4)16/h6-9,11-12,15H,5,10,16H2,1-4H3. The summed E-state index contributed by atoms with van der Waals surface area (Å²) in [5.74, 6) is 1.22. The quantitative estimate of drug-likeness (QED) is 0.807. The van der Waals surface area contributed by atoms with Crippen molar-refractivity contribution in [1.82, 2.24) is 0 Å². The van der Waals surface area contributed by atoms with E-state index in [-0.39, 0.29) is 6.04 Å². The molecule has 0 aromatic heterocycles. The van der Waals surface area contributed by atoms with E-state index in [9.17, 15) is 0 Å². The summed E-state index contributed by atoms with van der Waals surface area (Å²) in [5.41, 5.74) is 8.86. The van der Waals surface area contributed by atoms with Crippen LogP contribution in [0.1, 0.15) is 38.8 Å². The Hall–Kier alpha value is -0.820. The molecule has 2 N–H and O–H groups in total. The van der Waals surface area contributed by atoms with Crippen LogP contribution in [0.3, 0.4) is 0 Å². The van der Waals surface area contributed by atoms with Gasteiger partial charge < -0.3 is 5.73 Å². The second-order valence-corrected chi connectivity index (χ2v) is 5.14. The zero-order valence-electron chi connectivity index (χ0n) is 11.0. The van der Waals surface area contributed by atoms with Gasteiger partial charge in [0, 0.05) is 6.04 Å². The molecule has 0 saturated carbocycles. The average molecular weight is 219 g/mol. The topological polar surface area (TPSA) is 26.0 Å². The third kappa shape index (κ3) is 3.64. The van der Waals surface area contributed by atoms with E-state index >= 15 is 0 Å². The highest BCUT2D eigenvalue weighted by molar-refractivity contribution is 5.23. The van der Waals surface area contributed by atoms with Gasteiger partial charge in [-0.2, -0.15) is 0 Å². The van der Waals surface area contributed by atoms with Crippen molar-refractivity contribution in [1.29, 1.82) is 0 Å². The van der Waals surface area contributed by atoms with E-state index in [1.807, 2.05) is 0 Å². The number of benzene rings is 1. The van der Waals surface area contributed by atoms with Crippen molar-refractivity contribution < 1.29 is 0 Å². The predicted molar refractivity (Wildman–Crippen MR) is 71.5 cm³/mol. The highest BCUT2D eigenvalue weighted by Crippen LogP contribution is 2.20. The van der Waals surface area contributed by atoms with Crippen molar-refractivity contribution in [2.75, 3.05) is 0 Å². The first-order chi connectivity index (χ1) is 7.54. The van der Waals surface area contributed by atoms with Gasteiger partial charge in [-0.3, -0.25) is 0 Å². The Labute approximate surface area is 100 Å². The molecule has 2 unspecified atom stereocenters. The molecule has 90 valence electrons.